The first-order valence-electron chi connectivity index (χ1n) is 7.88. The van der Waals surface area contributed by atoms with Gasteiger partial charge in [-0.3, -0.25) is 0 Å². The minimum absolute atomic E-state index is 0.0119. The summed E-state index contributed by atoms with van der Waals surface area (Å²) in [4.78, 5) is 24.8. The lowest BCUT2D eigenvalue weighted by molar-refractivity contribution is -0.140. The van der Waals surface area contributed by atoms with Gasteiger partial charge in [0.1, 0.15) is 17.1 Å². The molecule has 25 heavy (non-hydrogen) atoms. The van der Waals surface area contributed by atoms with Crippen molar-refractivity contribution in [2.75, 3.05) is 13.2 Å². The third-order valence-corrected chi connectivity index (χ3v) is 3.68. The Morgan fingerprint density at radius 3 is 2.12 bits per heavy atom. The predicted octanol–water partition coefficient (Wildman–Crippen LogP) is 2.51. The van der Waals surface area contributed by atoms with Crippen LogP contribution in [-0.4, -0.2) is 25.2 Å². The molecular formula is C18H20FNO5. The third kappa shape index (κ3) is 3.81. The SMILES string of the molecule is CCOC(=O)C1=C(C)OC(N)=C(C(=O)OCC)C1c1ccc(F)cc1. The van der Waals surface area contributed by atoms with Crippen LogP contribution in [0, 0.1) is 5.82 Å². The lowest BCUT2D eigenvalue weighted by Crippen LogP contribution is -2.30. The van der Waals surface area contributed by atoms with Gasteiger partial charge in [-0.05, 0) is 38.5 Å². The molecule has 0 fully saturated rings. The van der Waals surface area contributed by atoms with Crippen molar-refractivity contribution >= 4 is 11.9 Å². The summed E-state index contributed by atoms with van der Waals surface area (Å²) in [5.41, 5.74) is 6.51. The first-order chi connectivity index (χ1) is 11.9. The average Bonchev–Trinajstić information content (AvgIpc) is 2.55. The zero-order valence-electron chi connectivity index (χ0n) is 14.3. The van der Waals surface area contributed by atoms with E-state index < -0.39 is 23.7 Å². The van der Waals surface area contributed by atoms with Crippen LogP contribution in [0.5, 0.6) is 0 Å². The van der Waals surface area contributed by atoms with Crippen LogP contribution in [0.15, 0.2) is 47.1 Å². The molecular weight excluding hydrogens is 329 g/mol. The molecule has 2 rings (SSSR count). The van der Waals surface area contributed by atoms with Gasteiger partial charge in [-0.15, -0.1) is 0 Å². The van der Waals surface area contributed by atoms with Crippen molar-refractivity contribution < 1.29 is 28.2 Å². The van der Waals surface area contributed by atoms with E-state index in [1.165, 1.54) is 24.3 Å². The minimum atomic E-state index is -0.868. The number of allylic oxidation sites excluding steroid dienone is 1. The summed E-state index contributed by atoms with van der Waals surface area (Å²) in [6.45, 7) is 5.15. The number of nitrogens with two attached hydrogens (primary N) is 1. The number of hydrogen-bond donors (Lipinski definition) is 1. The maximum atomic E-state index is 13.3. The summed E-state index contributed by atoms with van der Waals surface area (Å²) in [6, 6.07) is 5.43. The molecule has 0 bridgehead atoms. The highest BCUT2D eigenvalue weighted by atomic mass is 19.1. The maximum absolute atomic E-state index is 13.3. The molecule has 2 N–H and O–H groups in total. The van der Waals surface area contributed by atoms with Crippen LogP contribution in [0.3, 0.4) is 0 Å². The molecule has 1 heterocycles. The lowest BCUT2D eigenvalue weighted by atomic mass is 9.82. The number of benzene rings is 1. The molecule has 6 nitrogen and oxygen atoms in total. The van der Waals surface area contributed by atoms with Gasteiger partial charge < -0.3 is 19.9 Å². The number of esters is 2. The first kappa shape index (κ1) is 18.5. The number of rotatable bonds is 5. The standard InChI is InChI=1S/C18H20FNO5/c1-4-23-17(21)13-10(3)25-16(20)15(18(22)24-5-2)14(13)11-6-8-12(19)9-7-11/h6-9,14H,4-5,20H2,1-3H3. The van der Waals surface area contributed by atoms with Crippen LogP contribution in [0.25, 0.3) is 0 Å². The summed E-state index contributed by atoms with van der Waals surface area (Å²) in [5.74, 6) is -2.58. The maximum Gasteiger partial charge on any atom is 0.340 e. The number of ether oxygens (including phenoxy) is 3. The van der Waals surface area contributed by atoms with Gasteiger partial charge in [-0.1, -0.05) is 12.1 Å². The quantitative estimate of drug-likeness (QED) is 0.822. The third-order valence-electron chi connectivity index (χ3n) is 3.68. The topological polar surface area (TPSA) is 87.9 Å². The Kier molecular flexibility index (Phi) is 5.80. The molecule has 0 aromatic heterocycles. The van der Waals surface area contributed by atoms with Crippen molar-refractivity contribution in [2.24, 2.45) is 5.73 Å². The van der Waals surface area contributed by atoms with Crippen LogP contribution in [-0.2, 0) is 23.8 Å². The van der Waals surface area contributed by atoms with E-state index in [1.807, 2.05) is 0 Å². The van der Waals surface area contributed by atoms with Crippen LogP contribution >= 0.6 is 0 Å². The highest BCUT2D eigenvalue weighted by Gasteiger charge is 2.39. The zero-order chi connectivity index (χ0) is 18.6. The van der Waals surface area contributed by atoms with Crippen LogP contribution in [0.2, 0.25) is 0 Å². The Balaban J connectivity index is 2.61. The van der Waals surface area contributed by atoms with Gasteiger partial charge in [0.25, 0.3) is 0 Å². The largest absolute Gasteiger partial charge is 0.463 e. The molecule has 1 aliphatic rings. The molecule has 0 saturated heterocycles. The fourth-order valence-electron chi connectivity index (χ4n) is 2.65. The summed E-state index contributed by atoms with van der Waals surface area (Å²) < 4.78 is 28.8. The number of carbonyl (C=O) groups is 2. The second-order valence-electron chi connectivity index (χ2n) is 5.28. The van der Waals surface area contributed by atoms with Crippen molar-refractivity contribution in [2.45, 2.75) is 26.7 Å². The van der Waals surface area contributed by atoms with E-state index >= 15 is 0 Å². The van der Waals surface area contributed by atoms with Crippen molar-refractivity contribution in [1.82, 2.24) is 0 Å². The fraction of sp³-hybridized carbons (Fsp3) is 0.333. The highest BCUT2D eigenvalue weighted by molar-refractivity contribution is 5.99. The molecule has 0 saturated carbocycles. The summed E-state index contributed by atoms with van der Waals surface area (Å²) in [6.07, 6.45) is 0. The summed E-state index contributed by atoms with van der Waals surface area (Å²) in [7, 11) is 0. The van der Waals surface area contributed by atoms with Crippen LogP contribution < -0.4 is 5.73 Å². The first-order valence-corrected chi connectivity index (χ1v) is 7.88. The molecule has 0 radical (unpaired) electrons. The summed E-state index contributed by atoms with van der Waals surface area (Å²) in [5, 5.41) is 0. The molecule has 0 aliphatic carbocycles. The Hall–Kier alpha value is -2.83. The Morgan fingerprint density at radius 2 is 1.60 bits per heavy atom. The molecule has 1 unspecified atom stereocenters. The highest BCUT2D eigenvalue weighted by Crippen LogP contribution is 2.40. The predicted molar refractivity (Wildman–Crippen MR) is 87.4 cm³/mol. The monoisotopic (exact) mass is 349 g/mol. The Bertz CT molecular complexity index is 696. The van der Waals surface area contributed by atoms with Gasteiger partial charge in [0, 0.05) is 0 Å². The van der Waals surface area contributed by atoms with Gasteiger partial charge in [0.15, 0.2) is 0 Å². The lowest BCUT2D eigenvalue weighted by Gasteiger charge is -2.28. The van der Waals surface area contributed by atoms with Gasteiger partial charge in [0.05, 0.1) is 24.7 Å². The van der Waals surface area contributed by atoms with Crippen molar-refractivity contribution in [1.29, 1.82) is 0 Å². The molecule has 1 atom stereocenters. The van der Waals surface area contributed by atoms with E-state index in [4.69, 9.17) is 19.9 Å². The van der Waals surface area contributed by atoms with Gasteiger partial charge in [-0.2, -0.15) is 0 Å². The van der Waals surface area contributed by atoms with E-state index in [0.717, 1.165) is 0 Å². The second-order valence-corrected chi connectivity index (χ2v) is 5.28. The zero-order valence-corrected chi connectivity index (χ0v) is 14.3. The van der Waals surface area contributed by atoms with Crippen LogP contribution in [0.1, 0.15) is 32.3 Å². The van der Waals surface area contributed by atoms with Gasteiger partial charge in [0.2, 0.25) is 5.88 Å². The van der Waals surface area contributed by atoms with E-state index in [1.54, 1.807) is 20.8 Å². The van der Waals surface area contributed by atoms with Crippen molar-refractivity contribution in [3.05, 3.63) is 58.4 Å². The smallest absolute Gasteiger partial charge is 0.340 e. The molecule has 0 spiro atoms. The molecule has 134 valence electrons. The minimum Gasteiger partial charge on any atom is -0.463 e. The normalized spacial score (nSPS) is 17.2. The molecule has 1 aromatic rings. The Labute approximate surface area is 145 Å². The number of carbonyl (C=O) groups excluding carboxylic acids is 2. The van der Waals surface area contributed by atoms with Crippen molar-refractivity contribution in [3.8, 4) is 0 Å². The fourth-order valence-corrected chi connectivity index (χ4v) is 2.65. The van der Waals surface area contributed by atoms with E-state index in [0.29, 0.717) is 5.56 Å². The number of halogens is 1. The Morgan fingerprint density at radius 1 is 1.08 bits per heavy atom. The molecule has 7 heteroatoms. The van der Waals surface area contributed by atoms with Crippen LogP contribution in [0.4, 0.5) is 4.39 Å². The molecule has 1 aromatic carbocycles. The summed E-state index contributed by atoms with van der Waals surface area (Å²) >= 11 is 0. The number of hydrogen-bond acceptors (Lipinski definition) is 6. The van der Waals surface area contributed by atoms with E-state index in [2.05, 4.69) is 0 Å². The molecule has 0 amide bonds. The van der Waals surface area contributed by atoms with Gasteiger partial charge in [-0.25, -0.2) is 14.0 Å². The average molecular weight is 349 g/mol. The van der Waals surface area contributed by atoms with E-state index in [-0.39, 0.29) is 36.0 Å². The van der Waals surface area contributed by atoms with E-state index in [9.17, 15) is 14.0 Å². The molecule has 1 aliphatic heterocycles. The van der Waals surface area contributed by atoms with Crippen molar-refractivity contribution in [3.63, 3.8) is 0 Å². The second kappa shape index (κ2) is 7.83. The van der Waals surface area contributed by atoms with Gasteiger partial charge >= 0.3 is 11.9 Å².